The highest BCUT2D eigenvalue weighted by molar-refractivity contribution is 5.11. The van der Waals surface area contributed by atoms with Crippen LogP contribution in [0.15, 0.2) is 43.0 Å². The molecule has 0 atom stereocenters. The van der Waals surface area contributed by atoms with E-state index < -0.39 is 0 Å². The molecule has 1 saturated carbocycles. The SMILES string of the molecule is c1cnn(Cc2nnc(C3CCN(Cc4ccncc4)CC3)n2C2CC2)c1. The number of hydrogen-bond donors (Lipinski definition) is 0. The van der Waals surface area contributed by atoms with E-state index in [0.29, 0.717) is 18.5 Å². The van der Waals surface area contributed by atoms with Gasteiger partial charge in [-0.05, 0) is 62.5 Å². The Bertz CT molecular complexity index is 859. The van der Waals surface area contributed by atoms with Crippen molar-refractivity contribution in [3.8, 4) is 0 Å². The number of rotatable bonds is 6. The zero-order valence-electron chi connectivity index (χ0n) is 15.5. The summed E-state index contributed by atoms with van der Waals surface area (Å²) in [7, 11) is 0. The summed E-state index contributed by atoms with van der Waals surface area (Å²) >= 11 is 0. The van der Waals surface area contributed by atoms with Crippen molar-refractivity contribution in [1.29, 1.82) is 0 Å². The molecular formula is C20H25N7. The van der Waals surface area contributed by atoms with Gasteiger partial charge in [-0.3, -0.25) is 14.6 Å². The number of likely N-dealkylation sites (tertiary alicyclic amines) is 1. The van der Waals surface area contributed by atoms with Crippen LogP contribution in [0.4, 0.5) is 0 Å². The molecule has 1 aliphatic carbocycles. The Labute approximate surface area is 159 Å². The molecule has 3 aromatic rings. The maximum Gasteiger partial charge on any atom is 0.155 e. The number of hydrogen-bond acceptors (Lipinski definition) is 5. The maximum atomic E-state index is 4.64. The molecule has 0 aromatic carbocycles. The van der Waals surface area contributed by atoms with Crippen molar-refractivity contribution in [3.63, 3.8) is 0 Å². The second-order valence-corrected chi connectivity index (χ2v) is 7.69. The molecule has 3 aromatic heterocycles. The van der Waals surface area contributed by atoms with Gasteiger partial charge in [0.25, 0.3) is 0 Å². The Morgan fingerprint density at radius 3 is 2.44 bits per heavy atom. The molecule has 0 spiro atoms. The Morgan fingerprint density at radius 1 is 0.926 bits per heavy atom. The van der Waals surface area contributed by atoms with Crippen molar-refractivity contribution in [2.45, 2.75) is 50.7 Å². The van der Waals surface area contributed by atoms with E-state index in [1.807, 2.05) is 35.5 Å². The summed E-state index contributed by atoms with van der Waals surface area (Å²) in [5, 5.41) is 13.5. The van der Waals surface area contributed by atoms with Crippen LogP contribution in [0, 0.1) is 0 Å². The minimum atomic E-state index is 0.512. The van der Waals surface area contributed by atoms with Gasteiger partial charge in [-0.2, -0.15) is 5.10 Å². The van der Waals surface area contributed by atoms with E-state index >= 15 is 0 Å². The standard InChI is InChI=1S/C20H25N7/c1-8-22-26(11-1)15-19-23-24-20(27(19)18-2-3-18)17-6-12-25(13-7-17)14-16-4-9-21-10-5-16/h1,4-5,8-11,17-18H,2-3,6-7,12-15H2. The van der Waals surface area contributed by atoms with Gasteiger partial charge in [0, 0.05) is 43.3 Å². The Kier molecular flexibility index (Phi) is 4.45. The van der Waals surface area contributed by atoms with Crippen LogP contribution < -0.4 is 0 Å². The van der Waals surface area contributed by atoms with Gasteiger partial charge in [0.1, 0.15) is 12.4 Å². The third-order valence-electron chi connectivity index (χ3n) is 5.68. The van der Waals surface area contributed by atoms with Gasteiger partial charge in [-0.25, -0.2) is 0 Å². The third kappa shape index (κ3) is 3.64. The fourth-order valence-corrected chi connectivity index (χ4v) is 4.09. The zero-order valence-corrected chi connectivity index (χ0v) is 15.5. The van der Waals surface area contributed by atoms with Gasteiger partial charge in [0.15, 0.2) is 5.82 Å². The smallest absolute Gasteiger partial charge is 0.155 e. The predicted octanol–water partition coefficient (Wildman–Crippen LogP) is 2.63. The molecule has 0 radical (unpaired) electrons. The lowest BCUT2D eigenvalue weighted by atomic mass is 9.95. The largest absolute Gasteiger partial charge is 0.310 e. The first-order chi connectivity index (χ1) is 13.4. The number of nitrogens with zero attached hydrogens (tertiary/aromatic N) is 7. The van der Waals surface area contributed by atoms with E-state index in [2.05, 4.69) is 41.9 Å². The molecular weight excluding hydrogens is 338 g/mol. The maximum absolute atomic E-state index is 4.64. The van der Waals surface area contributed by atoms with Crippen LogP contribution in [0.5, 0.6) is 0 Å². The van der Waals surface area contributed by atoms with Gasteiger partial charge < -0.3 is 4.57 Å². The van der Waals surface area contributed by atoms with Gasteiger partial charge >= 0.3 is 0 Å². The topological polar surface area (TPSA) is 64.7 Å². The number of pyridine rings is 1. The molecule has 2 fully saturated rings. The molecule has 140 valence electrons. The van der Waals surface area contributed by atoms with Crippen molar-refractivity contribution < 1.29 is 0 Å². The summed E-state index contributed by atoms with van der Waals surface area (Å²) in [6.45, 7) is 3.94. The van der Waals surface area contributed by atoms with Crippen LogP contribution in [0.3, 0.4) is 0 Å². The molecule has 5 rings (SSSR count). The molecule has 2 aliphatic rings. The predicted molar refractivity (Wildman–Crippen MR) is 101 cm³/mol. The third-order valence-corrected chi connectivity index (χ3v) is 5.68. The van der Waals surface area contributed by atoms with Crippen LogP contribution in [-0.4, -0.2) is 47.5 Å². The van der Waals surface area contributed by atoms with Crippen LogP contribution in [-0.2, 0) is 13.1 Å². The summed E-state index contributed by atoms with van der Waals surface area (Å²) in [5.41, 5.74) is 1.34. The monoisotopic (exact) mass is 363 g/mol. The molecule has 1 saturated heterocycles. The molecule has 0 bridgehead atoms. The van der Waals surface area contributed by atoms with Crippen LogP contribution >= 0.6 is 0 Å². The average Bonchev–Trinajstić information content (AvgIpc) is 3.25. The second-order valence-electron chi connectivity index (χ2n) is 7.69. The van der Waals surface area contributed by atoms with Crippen molar-refractivity contribution in [2.75, 3.05) is 13.1 Å². The Balaban J connectivity index is 1.27. The van der Waals surface area contributed by atoms with E-state index in [9.17, 15) is 0 Å². The van der Waals surface area contributed by atoms with E-state index in [4.69, 9.17) is 0 Å². The van der Waals surface area contributed by atoms with Gasteiger partial charge in [-0.15, -0.1) is 10.2 Å². The van der Waals surface area contributed by atoms with E-state index in [1.54, 1.807) is 0 Å². The summed E-state index contributed by atoms with van der Waals surface area (Å²) in [4.78, 5) is 6.64. The molecule has 0 unspecified atom stereocenters. The molecule has 0 amide bonds. The highest BCUT2D eigenvalue weighted by atomic mass is 15.3. The molecule has 27 heavy (non-hydrogen) atoms. The Hall–Kier alpha value is -2.54. The van der Waals surface area contributed by atoms with E-state index in [1.165, 1.54) is 24.2 Å². The van der Waals surface area contributed by atoms with Gasteiger partial charge in [0.2, 0.25) is 0 Å². The van der Waals surface area contributed by atoms with E-state index in [0.717, 1.165) is 38.3 Å². The van der Waals surface area contributed by atoms with Crippen LogP contribution in [0.25, 0.3) is 0 Å². The molecule has 1 aliphatic heterocycles. The highest BCUT2D eigenvalue weighted by Crippen LogP contribution is 2.40. The average molecular weight is 363 g/mol. The van der Waals surface area contributed by atoms with Crippen molar-refractivity contribution >= 4 is 0 Å². The number of piperidine rings is 1. The van der Waals surface area contributed by atoms with Crippen LogP contribution in [0.2, 0.25) is 0 Å². The fourth-order valence-electron chi connectivity index (χ4n) is 4.09. The Morgan fingerprint density at radius 2 is 1.74 bits per heavy atom. The van der Waals surface area contributed by atoms with Crippen molar-refractivity contribution in [2.24, 2.45) is 0 Å². The van der Waals surface area contributed by atoms with Crippen molar-refractivity contribution in [3.05, 3.63) is 60.2 Å². The summed E-state index contributed by atoms with van der Waals surface area (Å²) in [5.74, 6) is 2.76. The van der Waals surface area contributed by atoms with Gasteiger partial charge in [-0.1, -0.05) is 0 Å². The minimum absolute atomic E-state index is 0.512. The highest BCUT2D eigenvalue weighted by Gasteiger charge is 2.33. The second kappa shape index (κ2) is 7.23. The van der Waals surface area contributed by atoms with Crippen LogP contribution in [0.1, 0.15) is 54.9 Å². The lowest BCUT2D eigenvalue weighted by Gasteiger charge is -2.31. The normalized spacial score (nSPS) is 18.8. The first-order valence-electron chi connectivity index (χ1n) is 9.89. The zero-order chi connectivity index (χ0) is 18.1. The quantitative estimate of drug-likeness (QED) is 0.674. The molecule has 0 N–H and O–H groups in total. The lowest BCUT2D eigenvalue weighted by Crippen LogP contribution is -2.33. The summed E-state index contributed by atoms with van der Waals surface area (Å²) in [6, 6.07) is 6.77. The lowest BCUT2D eigenvalue weighted by molar-refractivity contribution is 0.200. The van der Waals surface area contributed by atoms with Gasteiger partial charge in [0.05, 0.1) is 0 Å². The summed E-state index contributed by atoms with van der Waals surface area (Å²) in [6.07, 6.45) is 12.4. The molecule has 7 nitrogen and oxygen atoms in total. The first kappa shape index (κ1) is 16.6. The number of aromatic nitrogens is 6. The van der Waals surface area contributed by atoms with Crippen molar-refractivity contribution in [1.82, 2.24) is 34.4 Å². The molecule has 7 heteroatoms. The fraction of sp³-hybridized carbons (Fsp3) is 0.500. The first-order valence-corrected chi connectivity index (χ1v) is 9.89. The summed E-state index contributed by atoms with van der Waals surface area (Å²) < 4.78 is 4.36. The molecule has 4 heterocycles. The minimum Gasteiger partial charge on any atom is -0.310 e. The van der Waals surface area contributed by atoms with E-state index in [-0.39, 0.29) is 0 Å².